The van der Waals surface area contributed by atoms with Crippen LogP contribution >= 0.6 is 0 Å². The van der Waals surface area contributed by atoms with Gasteiger partial charge in [0.25, 0.3) is 5.69 Å². The Hall–Kier alpha value is -3.22. The molecule has 0 aliphatic rings. The van der Waals surface area contributed by atoms with E-state index in [1.807, 2.05) is 31.2 Å². The van der Waals surface area contributed by atoms with E-state index in [0.717, 1.165) is 16.5 Å². The lowest BCUT2D eigenvalue weighted by Crippen LogP contribution is -2.10. The minimum atomic E-state index is -0.383. The van der Waals surface area contributed by atoms with Gasteiger partial charge < -0.3 is 10.1 Å². The molecule has 0 bridgehead atoms. The molecule has 0 atom stereocenters. The highest BCUT2D eigenvalue weighted by molar-refractivity contribution is 6.11. The smallest absolute Gasteiger partial charge is 0.305 e. The minimum absolute atomic E-state index is 0.0220. The van der Waals surface area contributed by atoms with E-state index in [1.54, 1.807) is 13.0 Å². The number of esters is 1. The third kappa shape index (κ3) is 3.81. The van der Waals surface area contributed by atoms with Crippen LogP contribution in [0.3, 0.4) is 0 Å². The van der Waals surface area contributed by atoms with Crippen molar-refractivity contribution >= 4 is 39.1 Å². The van der Waals surface area contributed by atoms with Gasteiger partial charge in [-0.25, -0.2) is 4.98 Å². The number of para-hydroxylation sites is 1. The third-order valence-electron chi connectivity index (χ3n) is 4.38. The summed E-state index contributed by atoms with van der Waals surface area (Å²) in [5, 5.41) is 16.2. The van der Waals surface area contributed by atoms with Crippen molar-refractivity contribution in [2.45, 2.75) is 26.7 Å². The second-order valence-corrected chi connectivity index (χ2v) is 6.24. The Morgan fingerprint density at radius 1 is 1.26 bits per heavy atom. The van der Waals surface area contributed by atoms with Gasteiger partial charge in [-0.05, 0) is 25.0 Å². The van der Waals surface area contributed by atoms with Crippen molar-refractivity contribution in [1.29, 1.82) is 0 Å². The number of nitrogens with zero attached hydrogens (tertiary/aromatic N) is 2. The van der Waals surface area contributed by atoms with E-state index in [0.29, 0.717) is 42.6 Å². The number of hydrogen-bond acceptors (Lipinski definition) is 6. The van der Waals surface area contributed by atoms with E-state index in [-0.39, 0.29) is 16.6 Å². The van der Waals surface area contributed by atoms with E-state index in [2.05, 4.69) is 10.3 Å². The topological polar surface area (TPSA) is 94.4 Å². The molecule has 27 heavy (non-hydrogen) atoms. The number of aromatic nitrogens is 1. The van der Waals surface area contributed by atoms with Crippen LogP contribution in [0.15, 0.2) is 36.4 Å². The van der Waals surface area contributed by atoms with Crippen LogP contribution in [-0.4, -0.2) is 29.0 Å². The molecular weight excluding hydrogens is 346 g/mol. The predicted octanol–water partition coefficient (Wildman–Crippen LogP) is 4.36. The van der Waals surface area contributed by atoms with Gasteiger partial charge in [-0.2, -0.15) is 0 Å². The van der Waals surface area contributed by atoms with Gasteiger partial charge in [-0.1, -0.05) is 31.2 Å². The molecule has 0 saturated heterocycles. The van der Waals surface area contributed by atoms with Gasteiger partial charge in [-0.3, -0.25) is 14.9 Å². The van der Waals surface area contributed by atoms with Crippen LogP contribution in [0.5, 0.6) is 0 Å². The zero-order chi connectivity index (χ0) is 19.4. The van der Waals surface area contributed by atoms with Gasteiger partial charge in [-0.15, -0.1) is 0 Å². The van der Waals surface area contributed by atoms with E-state index in [1.165, 1.54) is 6.07 Å². The maximum absolute atomic E-state index is 11.6. The van der Waals surface area contributed by atoms with Gasteiger partial charge in [0.15, 0.2) is 0 Å². The number of nitro groups is 1. The van der Waals surface area contributed by atoms with Gasteiger partial charge in [0, 0.05) is 24.4 Å². The summed E-state index contributed by atoms with van der Waals surface area (Å²) in [6.45, 7) is 4.46. The largest absolute Gasteiger partial charge is 0.466 e. The van der Waals surface area contributed by atoms with Crippen molar-refractivity contribution in [1.82, 2.24) is 4.98 Å². The standard InChI is InChI=1S/C20H21N3O4/c1-3-17(24)27-12-6-11-21-20-14-7-4-5-8-15(14)22-19-13(2)9-10-16(18(19)20)23(25)26/h4-5,7-10H,3,6,11-12H2,1-2H3,(H,21,22). The van der Waals surface area contributed by atoms with Crippen molar-refractivity contribution in [3.8, 4) is 0 Å². The van der Waals surface area contributed by atoms with Crippen LogP contribution in [0.2, 0.25) is 0 Å². The Morgan fingerprint density at radius 3 is 2.78 bits per heavy atom. The van der Waals surface area contributed by atoms with Crippen molar-refractivity contribution in [3.63, 3.8) is 0 Å². The van der Waals surface area contributed by atoms with E-state index < -0.39 is 0 Å². The molecule has 7 heteroatoms. The first kappa shape index (κ1) is 18.6. The van der Waals surface area contributed by atoms with Gasteiger partial charge in [0.1, 0.15) is 5.39 Å². The van der Waals surface area contributed by atoms with Crippen molar-refractivity contribution < 1.29 is 14.5 Å². The monoisotopic (exact) mass is 367 g/mol. The lowest BCUT2D eigenvalue weighted by molar-refractivity contribution is -0.383. The van der Waals surface area contributed by atoms with Gasteiger partial charge in [0.2, 0.25) is 0 Å². The third-order valence-corrected chi connectivity index (χ3v) is 4.38. The zero-order valence-corrected chi connectivity index (χ0v) is 15.3. The number of aryl methyl sites for hydroxylation is 1. The molecule has 1 aromatic heterocycles. The van der Waals surface area contributed by atoms with Gasteiger partial charge in [0.05, 0.1) is 28.3 Å². The molecule has 0 spiro atoms. The highest BCUT2D eigenvalue weighted by Gasteiger charge is 2.20. The van der Waals surface area contributed by atoms with Crippen molar-refractivity contribution in [2.75, 3.05) is 18.5 Å². The molecular formula is C20H21N3O4. The summed E-state index contributed by atoms with van der Waals surface area (Å²) < 4.78 is 5.09. The Bertz CT molecular complexity index is 1020. The summed E-state index contributed by atoms with van der Waals surface area (Å²) in [6, 6.07) is 10.8. The maximum Gasteiger partial charge on any atom is 0.305 e. The summed E-state index contributed by atoms with van der Waals surface area (Å²) in [5.74, 6) is -0.235. The Kier molecular flexibility index (Phi) is 5.49. The lowest BCUT2D eigenvalue weighted by atomic mass is 10.0. The van der Waals surface area contributed by atoms with Crippen LogP contribution in [0, 0.1) is 17.0 Å². The summed E-state index contributed by atoms with van der Waals surface area (Å²) in [7, 11) is 0. The lowest BCUT2D eigenvalue weighted by Gasteiger charge is -2.14. The molecule has 0 radical (unpaired) electrons. The van der Waals surface area contributed by atoms with Crippen molar-refractivity contribution in [3.05, 3.63) is 52.1 Å². The summed E-state index contributed by atoms with van der Waals surface area (Å²) >= 11 is 0. The molecule has 2 aromatic carbocycles. The first-order chi connectivity index (χ1) is 13.0. The van der Waals surface area contributed by atoms with E-state index >= 15 is 0 Å². The first-order valence-electron chi connectivity index (χ1n) is 8.89. The van der Waals surface area contributed by atoms with Crippen LogP contribution in [-0.2, 0) is 9.53 Å². The molecule has 3 rings (SSSR count). The van der Waals surface area contributed by atoms with Crippen LogP contribution in [0.4, 0.5) is 11.4 Å². The number of rotatable bonds is 7. The number of non-ortho nitro benzene ring substituents is 1. The molecule has 0 amide bonds. The fourth-order valence-corrected chi connectivity index (χ4v) is 3.02. The average molecular weight is 367 g/mol. The number of fused-ring (bicyclic) bond motifs is 2. The molecule has 3 aromatic rings. The number of pyridine rings is 1. The molecule has 140 valence electrons. The van der Waals surface area contributed by atoms with Crippen LogP contribution < -0.4 is 5.32 Å². The highest BCUT2D eigenvalue weighted by atomic mass is 16.6. The fourth-order valence-electron chi connectivity index (χ4n) is 3.02. The van der Waals surface area contributed by atoms with E-state index in [9.17, 15) is 14.9 Å². The molecule has 0 fully saturated rings. The number of carbonyl (C=O) groups is 1. The second kappa shape index (κ2) is 7.99. The fraction of sp³-hybridized carbons (Fsp3) is 0.300. The highest BCUT2D eigenvalue weighted by Crippen LogP contribution is 2.37. The normalized spacial score (nSPS) is 10.9. The molecule has 0 saturated carbocycles. The number of nitrogens with one attached hydrogen (secondary N) is 1. The molecule has 7 nitrogen and oxygen atoms in total. The number of hydrogen-bond donors (Lipinski definition) is 1. The zero-order valence-electron chi connectivity index (χ0n) is 15.3. The molecule has 0 aliphatic heterocycles. The molecule has 1 N–H and O–H groups in total. The predicted molar refractivity (Wildman–Crippen MR) is 105 cm³/mol. The quantitative estimate of drug-likeness (QED) is 0.219. The number of nitro benzene ring substituents is 1. The number of anilines is 1. The Morgan fingerprint density at radius 2 is 2.04 bits per heavy atom. The Labute approximate surface area is 156 Å². The summed E-state index contributed by atoms with van der Waals surface area (Å²) in [4.78, 5) is 27.1. The van der Waals surface area contributed by atoms with Crippen LogP contribution in [0.1, 0.15) is 25.3 Å². The number of benzene rings is 2. The van der Waals surface area contributed by atoms with Gasteiger partial charge >= 0.3 is 5.97 Å². The van der Waals surface area contributed by atoms with Crippen molar-refractivity contribution in [2.24, 2.45) is 0 Å². The van der Waals surface area contributed by atoms with E-state index in [4.69, 9.17) is 4.74 Å². The molecule has 0 aliphatic carbocycles. The first-order valence-corrected chi connectivity index (χ1v) is 8.89. The maximum atomic E-state index is 11.6. The average Bonchev–Trinajstić information content (AvgIpc) is 2.67. The number of carbonyl (C=O) groups excluding carboxylic acids is 1. The molecule has 1 heterocycles. The van der Waals surface area contributed by atoms with Crippen LogP contribution in [0.25, 0.3) is 21.8 Å². The Balaban J connectivity index is 2.03. The minimum Gasteiger partial charge on any atom is -0.466 e. The second-order valence-electron chi connectivity index (χ2n) is 6.24. The summed E-state index contributed by atoms with van der Waals surface area (Å²) in [6.07, 6.45) is 0.946. The number of ether oxygens (including phenoxy) is 1. The SMILES string of the molecule is CCC(=O)OCCCNc1c2ccccc2nc2c(C)ccc([N+](=O)[O-])c12. The molecule has 0 unspecified atom stereocenters. The summed E-state index contributed by atoms with van der Waals surface area (Å²) in [5.41, 5.74) is 2.97.